The van der Waals surface area contributed by atoms with Gasteiger partial charge >= 0.3 is 0 Å². The summed E-state index contributed by atoms with van der Waals surface area (Å²) < 4.78 is 15.1. The largest absolute Gasteiger partial charge is 0.383 e. The molecule has 1 aliphatic heterocycles. The second-order valence-electron chi connectivity index (χ2n) is 7.13. The number of hydrogen-bond donors (Lipinski definition) is 1. The van der Waals surface area contributed by atoms with Gasteiger partial charge in [0.05, 0.1) is 23.3 Å². The molecule has 142 valence electrons. The molecule has 0 aliphatic carbocycles. The van der Waals surface area contributed by atoms with E-state index < -0.39 is 11.5 Å². The molecule has 1 fully saturated rings. The number of piperidine rings is 1. The van der Waals surface area contributed by atoms with Gasteiger partial charge in [0.15, 0.2) is 0 Å². The van der Waals surface area contributed by atoms with E-state index in [0.29, 0.717) is 37.2 Å². The molecule has 28 heavy (non-hydrogen) atoms. The van der Waals surface area contributed by atoms with Gasteiger partial charge in [-0.3, -0.25) is 0 Å². The summed E-state index contributed by atoms with van der Waals surface area (Å²) in [7, 11) is 1.88. The molecular formula is C21H20FN5O. The molecule has 6 nitrogen and oxygen atoms in total. The zero-order valence-corrected chi connectivity index (χ0v) is 15.5. The number of aromatic nitrogens is 3. The molecule has 0 atom stereocenters. The maximum absolute atomic E-state index is 13.2. The van der Waals surface area contributed by atoms with Crippen molar-refractivity contribution in [1.82, 2.24) is 14.5 Å². The van der Waals surface area contributed by atoms with E-state index in [2.05, 4.69) is 20.9 Å². The van der Waals surface area contributed by atoms with E-state index in [4.69, 9.17) is 0 Å². The third-order valence-electron chi connectivity index (χ3n) is 5.28. The first-order valence-electron chi connectivity index (χ1n) is 9.11. The van der Waals surface area contributed by atoms with Crippen molar-refractivity contribution >= 4 is 5.69 Å². The SMILES string of the molecule is Cn1cnc(C2(O)CCN(c3c(C#N)cccc3-c3ccc(F)nc3)CC2)c1. The highest BCUT2D eigenvalue weighted by molar-refractivity contribution is 5.82. The summed E-state index contributed by atoms with van der Waals surface area (Å²) in [5, 5.41) is 20.7. The van der Waals surface area contributed by atoms with E-state index in [9.17, 15) is 14.8 Å². The number of rotatable bonds is 3. The van der Waals surface area contributed by atoms with Crippen molar-refractivity contribution in [2.45, 2.75) is 18.4 Å². The van der Waals surface area contributed by atoms with Gasteiger partial charge < -0.3 is 14.6 Å². The van der Waals surface area contributed by atoms with Gasteiger partial charge in [-0.1, -0.05) is 12.1 Å². The van der Waals surface area contributed by atoms with E-state index in [1.54, 1.807) is 18.5 Å². The van der Waals surface area contributed by atoms with Crippen molar-refractivity contribution in [3.8, 4) is 17.2 Å². The summed E-state index contributed by atoms with van der Waals surface area (Å²) in [4.78, 5) is 10.2. The predicted octanol–water partition coefficient (Wildman–Crippen LogP) is 2.98. The maximum Gasteiger partial charge on any atom is 0.212 e. The average Bonchev–Trinajstić information content (AvgIpc) is 3.16. The van der Waals surface area contributed by atoms with Crippen LogP contribution in [0.5, 0.6) is 0 Å². The third kappa shape index (κ3) is 3.23. The van der Waals surface area contributed by atoms with Gasteiger partial charge in [0.1, 0.15) is 11.7 Å². The molecule has 0 saturated carbocycles. The van der Waals surface area contributed by atoms with Crippen LogP contribution < -0.4 is 4.90 Å². The minimum atomic E-state index is -0.975. The first-order chi connectivity index (χ1) is 13.5. The average molecular weight is 377 g/mol. The lowest BCUT2D eigenvalue weighted by Crippen LogP contribution is -2.43. The number of aliphatic hydroxyl groups is 1. The topological polar surface area (TPSA) is 78.0 Å². The Balaban J connectivity index is 1.66. The number of aryl methyl sites for hydroxylation is 1. The van der Waals surface area contributed by atoms with Gasteiger partial charge in [0.2, 0.25) is 5.95 Å². The van der Waals surface area contributed by atoms with Crippen molar-refractivity contribution in [2.24, 2.45) is 7.05 Å². The summed E-state index contributed by atoms with van der Waals surface area (Å²) in [5.41, 5.74) is 2.61. The minimum absolute atomic E-state index is 0.505. The normalized spacial score (nSPS) is 16.0. The maximum atomic E-state index is 13.2. The molecule has 1 saturated heterocycles. The van der Waals surface area contributed by atoms with E-state index in [0.717, 1.165) is 16.8 Å². The molecular weight excluding hydrogens is 357 g/mol. The monoisotopic (exact) mass is 377 g/mol. The second kappa shape index (κ2) is 7.06. The van der Waals surface area contributed by atoms with Crippen molar-refractivity contribution in [2.75, 3.05) is 18.0 Å². The number of nitriles is 1. The van der Waals surface area contributed by atoms with Gasteiger partial charge in [-0.2, -0.15) is 9.65 Å². The van der Waals surface area contributed by atoms with Crippen LogP contribution in [0.3, 0.4) is 0 Å². The Morgan fingerprint density at radius 2 is 1.96 bits per heavy atom. The molecule has 7 heteroatoms. The van der Waals surface area contributed by atoms with Crippen LogP contribution in [0.4, 0.5) is 10.1 Å². The number of halogens is 1. The Kier molecular flexibility index (Phi) is 4.57. The lowest BCUT2D eigenvalue weighted by atomic mass is 9.87. The fourth-order valence-electron chi connectivity index (χ4n) is 3.75. The van der Waals surface area contributed by atoms with Crippen molar-refractivity contribution in [3.05, 3.63) is 66.3 Å². The standard InChI is InChI=1S/C21H20FN5O/c1-26-13-18(25-14-26)21(28)7-9-27(10-8-21)20-15(11-23)3-2-4-17(20)16-5-6-19(22)24-12-16/h2-6,12-14,28H,7-10H2,1H3. The number of benzene rings is 1. The smallest absolute Gasteiger partial charge is 0.212 e. The molecule has 4 rings (SSSR count). The molecule has 3 aromatic rings. The molecule has 0 unspecified atom stereocenters. The molecule has 0 spiro atoms. The van der Waals surface area contributed by atoms with Crippen molar-refractivity contribution < 1.29 is 9.50 Å². The second-order valence-corrected chi connectivity index (χ2v) is 7.13. The van der Waals surface area contributed by atoms with Crippen LogP contribution in [-0.4, -0.2) is 32.7 Å². The van der Waals surface area contributed by atoms with E-state index >= 15 is 0 Å². The molecule has 0 amide bonds. The Morgan fingerprint density at radius 3 is 2.57 bits per heavy atom. The van der Waals surface area contributed by atoms with Gasteiger partial charge in [-0.05, 0) is 31.0 Å². The van der Waals surface area contributed by atoms with Crippen LogP contribution >= 0.6 is 0 Å². The third-order valence-corrected chi connectivity index (χ3v) is 5.28. The minimum Gasteiger partial charge on any atom is -0.383 e. The zero-order valence-electron chi connectivity index (χ0n) is 15.5. The lowest BCUT2D eigenvalue weighted by Gasteiger charge is -2.39. The summed E-state index contributed by atoms with van der Waals surface area (Å²) in [5.74, 6) is -0.542. The first-order valence-corrected chi connectivity index (χ1v) is 9.11. The molecule has 1 aromatic carbocycles. The van der Waals surface area contributed by atoms with Crippen LogP contribution in [0.1, 0.15) is 24.1 Å². The zero-order chi connectivity index (χ0) is 19.7. The number of hydrogen-bond acceptors (Lipinski definition) is 5. The Labute approximate surface area is 162 Å². The molecule has 3 heterocycles. The molecule has 2 aromatic heterocycles. The number of pyridine rings is 1. The van der Waals surface area contributed by atoms with E-state index in [1.165, 1.54) is 12.3 Å². The highest BCUT2D eigenvalue weighted by Gasteiger charge is 2.37. The van der Waals surface area contributed by atoms with Crippen LogP contribution in [0, 0.1) is 17.3 Å². The van der Waals surface area contributed by atoms with Crippen LogP contribution in [0.2, 0.25) is 0 Å². The predicted molar refractivity (Wildman–Crippen MR) is 103 cm³/mol. The lowest BCUT2D eigenvalue weighted by molar-refractivity contribution is 0.00791. The fraction of sp³-hybridized carbons (Fsp3) is 0.286. The number of para-hydroxylation sites is 1. The molecule has 0 radical (unpaired) electrons. The van der Waals surface area contributed by atoms with E-state index in [1.807, 2.05) is 29.9 Å². The summed E-state index contributed by atoms with van der Waals surface area (Å²) in [6.45, 7) is 1.15. The van der Waals surface area contributed by atoms with Crippen molar-refractivity contribution in [1.29, 1.82) is 5.26 Å². The Bertz CT molecular complexity index is 1030. The number of nitrogens with zero attached hydrogens (tertiary/aromatic N) is 5. The van der Waals surface area contributed by atoms with Gasteiger partial charge in [-0.25, -0.2) is 9.97 Å². The number of anilines is 1. The van der Waals surface area contributed by atoms with Gasteiger partial charge in [0.25, 0.3) is 0 Å². The van der Waals surface area contributed by atoms with E-state index in [-0.39, 0.29) is 0 Å². The Morgan fingerprint density at radius 1 is 1.18 bits per heavy atom. The summed E-state index contributed by atoms with van der Waals surface area (Å²) in [6.07, 6.45) is 6.01. The van der Waals surface area contributed by atoms with Gasteiger partial charge in [0, 0.05) is 43.7 Å². The van der Waals surface area contributed by atoms with Crippen molar-refractivity contribution in [3.63, 3.8) is 0 Å². The van der Waals surface area contributed by atoms with Crippen LogP contribution in [0.25, 0.3) is 11.1 Å². The fourth-order valence-corrected chi connectivity index (χ4v) is 3.75. The van der Waals surface area contributed by atoms with Gasteiger partial charge in [-0.15, -0.1) is 0 Å². The molecule has 1 N–H and O–H groups in total. The molecule has 1 aliphatic rings. The molecule has 0 bridgehead atoms. The van der Waals surface area contributed by atoms with Crippen LogP contribution in [-0.2, 0) is 12.6 Å². The number of imidazole rings is 1. The Hall–Kier alpha value is -3.24. The summed E-state index contributed by atoms with van der Waals surface area (Å²) >= 11 is 0. The van der Waals surface area contributed by atoms with Crippen LogP contribution in [0.15, 0.2) is 49.1 Å². The summed E-state index contributed by atoms with van der Waals surface area (Å²) in [6, 6.07) is 10.7. The quantitative estimate of drug-likeness (QED) is 0.710. The highest BCUT2D eigenvalue weighted by atomic mass is 19.1. The highest BCUT2D eigenvalue weighted by Crippen LogP contribution is 2.39. The first kappa shape index (κ1) is 18.1.